The van der Waals surface area contributed by atoms with E-state index in [1.54, 1.807) is 6.92 Å². The molecule has 24 heavy (non-hydrogen) atoms. The zero-order chi connectivity index (χ0) is 17.4. The Bertz CT molecular complexity index is 752. The smallest absolute Gasteiger partial charge is 0.307 e. The van der Waals surface area contributed by atoms with Crippen molar-refractivity contribution in [3.63, 3.8) is 0 Å². The van der Waals surface area contributed by atoms with E-state index >= 15 is 0 Å². The number of carbonyl (C=O) groups excluding carboxylic acids is 2. The second kappa shape index (κ2) is 8.67. The van der Waals surface area contributed by atoms with E-state index in [-0.39, 0.29) is 42.4 Å². The van der Waals surface area contributed by atoms with Crippen LogP contribution in [0.25, 0.3) is 0 Å². The largest absolute Gasteiger partial charge is 0.483 e. The monoisotopic (exact) mass is 329 g/mol. The Morgan fingerprint density at radius 1 is 1.25 bits per heavy atom. The van der Waals surface area contributed by atoms with Gasteiger partial charge in [-0.3, -0.25) is 14.4 Å². The van der Waals surface area contributed by atoms with Crippen LogP contribution in [0.5, 0.6) is 5.75 Å². The molecule has 0 N–H and O–H groups in total. The number of carbonyl (C=O) groups is 2. The van der Waals surface area contributed by atoms with Gasteiger partial charge in [0.1, 0.15) is 6.61 Å². The fraction of sp³-hybridized carbons (Fsp3) is 0.278. The lowest BCUT2D eigenvalue weighted by molar-refractivity contribution is -0.143. The van der Waals surface area contributed by atoms with Crippen LogP contribution in [0.4, 0.5) is 0 Å². The summed E-state index contributed by atoms with van der Waals surface area (Å²) in [5.74, 6) is -0.229. The van der Waals surface area contributed by atoms with E-state index in [1.807, 2.05) is 30.3 Å². The van der Waals surface area contributed by atoms with Crippen molar-refractivity contribution in [1.29, 1.82) is 0 Å². The third-order valence-electron chi connectivity index (χ3n) is 3.35. The topological polar surface area (TPSA) is 74.6 Å². The number of nitrogens with zero attached hydrogens (tertiary/aromatic N) is 1. The highest BCUT2D eigenvalue weighted by atomic mass is 16.5. The van der Waals surface area contributed by atoms with Gasteiger partial charge < -0.3 is 14.0 Å². The molecule has 2 rings (SSSR count). The van der Waals surface area contributed by atoms with Crippen molar-refractivity contribution in [1.82, 2.24) is 4.57 Å². The first-order chi connectivity index (χ1) is 11.6. The van der Waals surface area contributed by atoms with Gasteiger partial charge in [-0.1, -0.05) is 30.3 Å². The molecule has 126 valence electrons. The number of ether oxygens (including phenoxy) is 2. The van der Waals surface area contributed by atoms with Crippen molar-refractivity contribution in [3.8, 4) is 5.75 Å². The highest BCUT2D eigenvalue weighted by molar-refractivity contribution is 5.73. The highest BCUT2D eigenvalue weighted by Crippen LogP contribution is 2.10. The molecular formula is C18H19NO5. The van der Waals surface area contributed by atoms with Crippen LogP contribution in [0.3, 0.4) is 0 Å². The minimum absolute atomic E-state index is 0.107. The minimum atomic E-state index is -0.375. The molecule has 1 aromatic heterocycles. The molecule has 1 heterocycles. The van der Waals surface area contributed by atoms with Gasteiger partial charge in [0.05, 0.1) is 24.9 Å². The molecular weight excluding hydrogens is 310 g/mol. The number of pyridine rings is 1. The van der Waals surface area contributed by atoms with Gasteiger partial charge in [-0.2, -0.15) is 0 Å². The summed E-state index contributed by atoms with van der Waals surface area (Å²) in [6, 6.07) is 10.6. The third-order valence-corrected chi connectivity index (χ3v) is 3.35. The zero-order valence-electron chi connectivity index (χ0n) is 13.4. The Hall–Kier alpha value is -2.89. The lowest BCUT2D eigenvalue weighted by atomic mass is 10.2. The van der Waals surface area contributed by atoms with Gasteiger partial charge in [0.25, 0.3) is 0 Å². The number of aldehydes is 1. The van der Waals surface area contributed by atoms with Crippen LogP contribution >= 0.6 is 0 Å². The molecule has 0 amide bonds. The van der Waals surface area contributed by atoms with Crippen LogP contribution in [0.15, 0.2) is 47.4 Å². The molecule has 2 aromatic rings. The maximum atomic E-state index is 12.0. The second-order valence-corrected chi connectivity index (χ2v) is 5.07. The Morgan fingerprint density at radius 2 is 2.00 bits per heavy atom. The van der Waals surface area contributed by atoms with Gasteiger partial charge >= 0.3 is 5.97 Å². The van der Waals surface area contributed by atoms with Crippen molar-refractivity contribution in [2.75, 3.05) is 6.61 Å². The molecule has 0 spiro atoms. The predicted octanol–water partition coefficient (Wildman–Crippen LogP) is 2.19. The maximum absolute atomic E-state index is 12.0. The maximum Gasteiger partial charge on any atom is 0.307 e. The average Bonchev–Trinajstić information content (AvgIpc) is 2.60. The van der Waals surface area contributed by atoms with Crippen molar-refractivity contribution < 1.29 is 19.1 Å². The molecule has 6 heteroatoms. The first-order valence-corrected chi connectivity index (χ1v) is 7.66. The predicted molar refractivity (Wildman–Crippen MR) is 88.1 cm³/mol. The van der Waals surface area contributed by atoms with E-state index in [1.165, 1.54) is 16.8 Å². The van der Waals surface area contributed by atoms with Gasteiger partial charge in [-0.05, 0) is 12.5 Å². The summed E-state index contributed by atoms with van der Waals surface area (Å²) in [6.45, 7) is 2.50. The van der Waals surface area contributed by atoms with E-state index in [0.29, 0.717) is 12.9 Å². The van der Waals surface area contributed by atoms with Crippen LogP contribution in [0, 0.1) is 0 Å². The Labute approximate surface area is 139 Å². The quantitative estimate of drug-likeness (QED) is 0.548. The standard InChI is InChI=1S/C18H19NO5/c1-2-23-18(22)8-9-19-11-17(16(21)10-15(19)12-20)24-13-14-6-4-3-5-7-14/h3-7,10-12H,2,8-9,13H2,1H3. The number of rotatable bonds is 8. The fourth-order valence-corrected chi connectivity index (χ4v) is 2.15. The van der Waals surface area contributed by atoms with E-state index in [9.17, 15) is 14.4 Å². The average molecular weight is 329 g/mol. The van der Waals surface area contributed by atoms with E-state index < -0.39 is 0 Å². The Morgan fingerprint density at radius 3 is 2.67 bits per heavy atom. The summed E-state index contributed by atoms with van der Waals surface area (Å²) in [5.41, 5.74) is 0.742. The normalized spacial score (nSPS) is 10.2. The minimum Gasteiger partial charge on any atom is -0.483 e. The van der Waals surface area contributed by atoms with E-state index in [2.05, 4.69) is 0 Å². The van der Waals surface area contributed by atoms with E-state index in [4.69, 9.17) is 9.47 Å². The molecule has 0 aliphatic rings. The zero-order valence-corrected chi connectivity index (χ0v) is 13.4. The number of benzene rings is 1. The summed E-state index contributed by atoms with van der Waals surface area (Å²) in [5, 5.41) is 0. The van der Waals surface area contributed by atoms with Gasteiger partial charge in [0, 0.05) is 12.6 Å². The van der Waals surface area contributed by atoms with Crippen LogP contribution in [-0.4, -0.2) is 23.4 Å². The van der Waals surface area contributed by atoms with E-state index in [0.717, 1.165) is 5.56 Å². The molecule has 0 bridgehead atoms. The Balaban J connectivity index is 2.13. The van der Waals surface area contributed by atoms with Gasteiger partial charge in [-0.25, -0.2) is 0 Å². The molecule has 0 unspecified atom stereocenters. The molecule has 0 atom stereocenters. The van der Waals surface area contributed by atoms with Crippen LogP contribution in [0.2, 0.25) is 0 Å². The second-order valence-electron chi connectivity index (χ2n) is 5.07. The summed E-state index contributed by atoms with van der Waals surface area (Å²) in [7, 11) is 0. The summed E-state index contributed by atoms with van der Waals surface area (Å²) in [6.07, 6.45) is 2.14. The molecule has 0 aliphatic carbocycles. The molecule has 0 fully saturated rings. The summed E-state index contributed by atoms with van der Waals surface area (Å²) >= 11 is 0. The summed E-state index contributed by atoms with van der Waals surface area (Å²) in [4.78, 5) is 34.6. The van der Waals surface area contributed by atoms with Crippen molar-refractivity contribution >= 4 is 12.3 Å². The van der Waals surface area contributed by atoms with Gasteiger partial charge in [0.2, 0.25) is 5.43 Å². The molecule has 0 saturated carbocycles. The van der Waals surface area contributed by atoms with Gasteiger partial charge in [0.15, 0.2) is 12.0 Å². The number of aromatic nitrogens is 1. The molecule has 1 aromatic carbocycles. The van der Waals surface area contributed by atoms with Crippen LogP contribution in [-0.2, 0) is 22.7 Å². The van der Waals surface area contributed by atoms with Crippen LogP contribution in [0.1, 0.15) is 29.4 Å². The number of aryl methyl sites for hydroxylation is 1. The van der Waals surface area contributed by atoms with Crippen LogP contribution < -0.4 is 10.2 Å². The third kappa shape index (κ3) is 4.81. The lowest BCUT2D eigenvalue weighted by Gasteiger charge is -2.12. The van der Waals surface area contributed by atoms with Crippen molar-refractivity contribution in [2.45, 2.75) is 26.5 Å². The highest BCUT2D eigenvalue weighted by Gasteiger charge is 2.10. The van der Waals surface area contributed by atoms with Gasteiger partial charge in [-0.15, -0.1) is 0 Å². The first-order valence-electron chi connectivity index (χ1n) is 7.66. The molecule has 0 saturated heterocycles. The number of hydrogen-bond acceptors (Lipinski definition) is 5. The van der Waals surface area contributed by atoms with Crippen molar-refractivity contribution in [2.24, 2.45) is 0 Å². The first kappa shape index (κ1) is 17.5. The molecule has 0 aliphatic heterocycles. The number of hydrogen-bond donors (Lipinski definition) is 0. The fourth-order valence-electron chi connectivity index (χ4n) is 2.15. The molecule has 6 nitrogen and oxygen atoms in total. The van der Waals surface area contributed by atoms with Crippen molar-refractivity contribution in [3.05, 3.63) is 64.1 Å². The summed E-state index contributed by atoms with van der Waals surface area (Å²) < 4.78 is 11.9. The number of esters is 1. The Kier molecular flexibility index (Phi) is 6.31. The molecule has 0 radical (unpaired) electrons. The SMILES string of the molecule is CCOC(=O)CCn1cc(OCc2ccccc2)c(=O)cc1C=O. The lowest BCUT2D eigenvalue weighted by Crippen LogP contribution is -2.17.